The van der Waals surface area contributed by atoms with E-state index in [0.29, 0.717) is 23.1 Å². The Bertz CT molecular complexity index is 1510. The van der Waals surface area contributed by atoms with E-state index in [-0.39, 0.29) is 11.3 Å². The molecule has 0 bridgehead atoms. The first-order valence-corrected chi connectivity index (χ1v) is 12.6. The predicted octanol–water partition coefficient (Wildman–Crippen LogP) is 6.25. The second-order valence-electron chi connectivity index (χ2n) is 8.94. The van der Waals surface area contributed by atoms with Crippen LogP contribution in [0.15, 0.2) is 66.2 Å². The van der Waals surface area contributed by atoms with Crippen LogP contribution in [0.25, 0.3) is 16.0 Å². The third-order valence-electron chi connectivity index (χ3n) is 6.42. The van der Waals surface area contributed by atoms with Crippen LogP contribution in [-0.4, -0.2) is 28.4 Å². The van der Waals surface area contributed by atoms with Gasteiger partial charge < -0.3 is 9.84 Å². The number of hydrogen-bond donors (Lipinski definition) is 1. The van der Waals surface area contributed by atoms with Gasteiger partial charge in [-0.05, 0) is 68.7 Å². The number of nitrogens with zero attached hydrogens (tertiary/aromatic N) is 2. The first kappa shape index (κ1) is 23.8. The van der Waals surface area contributed by atoms with Gasteiger partial charge >= 0.3 is 5.91 Å². The number of aryl methyl sites for hydroxylation is 3. The number of anilines is 1. The molecule has 0 radical (unpaired) electrons. The van der Waals surface area contributed by atoms with Gasteiger partial charge in [-0.1, -0.05) is 53.3 Å². The Morgan fingerprint density at radius 3 is 2.53 bits per heavy atom. The Morgan fingerprint density at radius 1 is 1.03 bits per heavy atom. The lowest BCUT2D eigenvalue weighted by Gasteiger charge is -2.23. The second-order valence-corrected chi connectivity index (χ2v) is 9.95. The molecule has 1 unspecified atom stereocenters. The normalized spacial score (nSPS) is 17.2. The molecule has 36 heavy (non-hydrogen) atoms. The third-order valence-corrected chi connectivity index (χ3v) is 7.44. The predicted molar refractivity (Wildman–Crippen MR) is 143 cm³/mol. The number of ether oxygens (including phenoxy) is 1. The monoisotopic (exact) mass is 498 g/mol. The van der Waals surface area contributed by atoms with Crippen molar-refractivity contribution in [1.82, 2.24) is 4.98 Å². The highest BCUT2D eigenvalue weighted by atomic mass is 32.1. The molecule has 1 fully saturated rings. The smallest absolute Gasteiger partial charge is 0.301 e. The van der Waals surface area contributed by atoms with Crippen molar-refractivity contribution in [3.05, 3.63) is 94.1 Å². The summed E-state index contributed by atoms with van der Waals surface area (Å²) in [5.74, 6) is -1.12. The number of Topliss-reactive ketones (excluding diaryl/α,β-unsaturated/α-hetero) is 1. The van der Waals surface area contributed by atoms with Gasteiger partial charge in [-0.2, -0.15) is 0 Å². The summed E-state index contributed by atoms with van der Waals surface area (Å²) in [5.41, 5.74) is 5.15. The van der Waals surface area contributed by atoms with E-state index < -0.39 is 17.7 Å². The molecular weight excluding hydrogens is 472 g/mol. The van der Waals surface area contributed by atoms with Crippen molar-refractivity contribution in [3.8, 4) is 5.75 Å². The summed E-state index contributed by atoms with van der Waals surface area (Å²) in [6.45, 7) is 8.34. The second kappa shape index (κ2) is 9.24. The molecule has 0 aliphatic carbocycles. The lowest BCUT2D eigenvalue weighted by Crippen LogP contribution is -2.29. The molecular formula is C29H26N2O4S. The summed E-state index contributed by atoms with van der Waals surface area (Å²) in [6, 6.07) is 17.7. The Morgan fingerprint density at radius 2 is 1.78 bits per heavy atom. The van der Waals surface area contributed by atoms with E-state index in [4.69, 9.17) is 9.72 Å². The van der Waals surface area contributed by atoms with Gasteiger partial charge in [-0.15, -0.1) is 0 Å². The van der Waals surface area contributed by atoms with Crippen LogP contribution in [0.4, 0.5) is 5.13 Å². The fourth-order valence-corrected chi connectivity index (χ4v) is 5.58. The number of aromatic nitrogens is 1. The summed E-state index contributed by atoms with van der Waals surface area (Å²) >= 11 is 1.36. The zero-order valence-electron chi connectivity index (χ0n) is 20.5. The number of hydrogen-bond acceptors (Lipinski definition) is 6. The number of amides is 1. The number of aliphatic hydroxyl groups is 1. The molecule has 0 spiro atoms. The van der Waals surface area contributed by atoms with Gasteiger partial charge in [-0.3, -0.25) is 14.5 Å². The fraction of sp³-hybridized carbons (Fsp3) is 0.207. The summed E-state index contributed by atoms with van der Waals surface area (Å²) < 4.78 is 6.51. The van der Waals surface area contributed by atoms with Crippen LogP contribution in [0, 0.1) is 20.8 Å². The minimum atomic E-state index is -0.816. The molecule has 1 aliphatic heterocycles. The Labute approximate surface area is 213 Å². The molecule has 182 valence electrons. The first-order chi connectivity index (χ1) is 17.3. The van der Waals surface area contributed by atoms with E-state index in [0.717, 1.165) is 32.5 Å². The summed E-state index contributed by atoms with van der Waals surface area (Å²) in [6.07, 6.45) is 0. The highest BCUT2D eigenvalue weighted by Crippen LogP contribution is 2.44. The number of carbonyl (C=O) groups excluding carboxylic acids is 2. The van der Waals surface area contributed by atoms with E-state index in [1.807, 2.05) is 64.1 Å². The van der Waals surface area contributed by atoms with Crippen molar-refractivity contribution in [2.24, 2.45) is 0 Å². The van der Waals surface area contributed by atoms with Crippen molar-refractivity contribution in [3.63, 3.8) is 0 Å². The van der Waals surface area contributed by atoms with Crippen molar-refractivity contribution < 1.29 is 19.4 Å². The third kappa shape index (κ3) is 4.05. The van der Waals surface area contributed by atoms with E-state index >= 15 is 0 Å². The number of aliphatic hydroxyl groups excluding tert-OH is 1. The van der Waals surface area contributed by atoms with Gasteiger partial charge in [0.25, 0.3) is 5.78 Å². The molecule has 6 nitrogen and oxygen atoms in total. The molecule has 0 saturated carbocycles. The molecule has 4 aromatic rings. The number of carbonyl (C=O) groups is 2. The maximum Gasteiger partial charge on any atom is 0.301 e. The quantitative estimate of drug-likeness (QED) is 0.200. The summed E-state index contributed by atoms with van der Waals surface area (Å²) in [5, 5.41) is 11.8. The van der Waals surface area contributed by atoms with Crippen LogP contribution in [0.3, 0.4) is 0 Å². The minimum absolute atomic E-state index is 0.0332. The Hall–Kier alpha value is -3.97. The number of ketones is 1. The Kier molecular flexibility index (Phi) is 6.10. The number of rotatable bonds is 5. The lowest BCUT2D eigenvalue weighted by atomic mass is 9.94. The molecule has 1 saturated heterocycles. The van der Waals surface area contributed by atoms with E-state index in [1.54, 1.807) is 24.3 Å². The molecule has 3 aromatic carbocycles. The molecule has 2 heterocycles. The van der Waals surface area contributed by atoms with E-state index in [9.17, 15) is 14.7 Å². The number of thiazole rings is 1. The molecule has 1 aromatic heterocycles. The van der Waals surface area contributed by atoms with Gasteiger partial charge in [0.2, 0.25) is 0 Å². The van der Waals surface area contributed by atoms with Crippen LogP contribution in [-0.2, 0) is 9.59 Å². The SMILES string of the molecule is CCOc1cccc(/C(O)=C2\C(=O)C(=O)N(c3nc4cc(C)c(C)cc4s3)C2c2cccc(C)c2)c1. The first-order valence-electron chi connectivity index (χ1n) is 11.8. The minimum Gasteiger partial charge on any atom is -0.507 e. The maximum atomic E-state index is 13.5. The average Bonchev–Trinajstić information content (AvgIpc) is 3.37. The van der Waals surface area contributed by atoms with Crippen molar-refractivity contribution in [2.45, 2.75) is 33.7 Å². The highest BCUT2D eigenvalue weighted by Gasteiger charge is 2.48. The molecule has 1 aliphatic rings. The maximum absolute atomic E-state index is 13.5. The average molecular weight is 499 g/mol. The summed E-state index contributed by atoms with van der Waals surface area (Å²) in [4.78, 5) is 33.1. The summed E-state index contributed by atoms with van der Waals surface area (Å²) in [7, 11) is 0. The largest absolute Gasteiger partial charge is 0.507 e. The molecule has 1 atom stereocenters. The van der Waals surface area contributed by atoms with E-state index in [1.165, 1.54) is 16.2 Å². The fourth-order valence-electron chi connectivity index (χ4n) is 4.51. The van der Waals surface area contributed by atoms with Crippen molar-refractivity contribution in [2.75, 3.05) is 11.5 Å². The van der Waals surface area contributed by atoms with Gasteiger partial charge in [-0.25, -0.2) is 4.98 Å². The van der Waals surface area contributed by atoms with Gasteiger partial charge in [0.15, 0.2) is 5.13 Å². The van der Waals surface area contributed by atoms with Gasteiger partial charge in [0.1, 0.15) is 11.5 Å². The van der Waals surface area contributed by atoms with Crippen LogP contribution >= 0.6 is 11.3 Å². The Balaban J connectivity index is 1.72. The zero-order valence-corrected chi connectivity index (χ0v) is 21.3. The van der Waals surface area contributed by atoms with Crippen LogP contribution in [0.2, 0.25) is 0 Å². The lowest BCUT2D eigenvalue weighted by molar-refractivity contribution is -0.132. The van der Waals surface area contributed by atoms with Gasteiger partial charge in [0.05, 0.1) is 28.4 Å². The topological polar surface area (TPSA) is 79.7 Å². The van der Waals surface area contributed by atoms with Gasteiger partial charge in [0, 0.05) is 5.56 Å². The van der Waals surface area contributed by atoms with Crippen LogP contribution in [0.5, 0.6) is 5.75 Å². The van der Waals surface area contributed by atoms with Crippen molar-refractivity contribution >= 4 is 44.1 Å². The zero-order chi connectivity index (χ0) is 25.6. The molecule has 5 rings (SSSR count). The molecule has 7 heteroatoms. The van der Waals surface area contributed by atoms with Crippen LogP contribution in [0.1, 0.15) is 40.8 Å². The molecule has 1 amide bonds. The molecule has 1 N–H and O–H groups in total. The number of fused-ring (bicyclic) bond motifs is 1. The van der Waals surface area contributed by atoms with Crippen LogP contribution < -0.4 is 9.64 Å². The standard InChI is InChI=1S/C29H26N2O4S/c1-5-35-21-11-7-10-20(15-21)26(32)24-25(19-9-6-8-16(2)12-19)31(28(34)27(24)33)29-30-22-13-17(3)18(4)14-23(22)36-29/h6-15,25,32H,5H2,1-4H3/b26-24+. The number of benzene rings is 3. The van der Waals surface area contributed by atoms with E-state index in [2.05, 4.69) is 0 Å². The van der Waals surface area contributed by atoms with Crippen molar-refractivity contribution in [1.29, 1.82) is 0 Å². The highest BCUT2D eigenvalue weighted by molar-refractivity contribution is 7.22.